The molecule has 7 aliphatic rings. The van der Waals surface area contributed by atoms with Crippen LogP contribution in [0, 0.1) is 29.6 Å². The first-order valence-corrected chi connectivity index (χ1v) is 17.7. The van der Waals surface area contributed by atoms with Gasteiger partial charge in [0.25, 0.3) is 0 Å². The molecule has 0 aromatic carbocycles. The highest BCUT2D eigenvalue weighted by atomic mass is 16.9. The lowest BCUT2D eigenvalue weighted by molar-refractivity contribution is -0.412. The maximum Gasteiger partial charge on any atom is 0.306 e. The summed E-state index contributed by atoms with van der Waals surface area (Å²) in [5, 5.41) is 35.5. The van der Waals surface area contributed by atoms with Crippen molar-refractivity contribution in [2.24, 2.45) is 29.6 Å². The van der Waals surface area contributed by atoms with Crippen molar-refractivity contribution >= 4 is 5.78 Å². The molecule has 13 unspecified atom stereocenters. The molecule has 3 saturated heterocycles. The number of ketones is 1. The number of rotatable bonds is 2. The van der Waals surface area contributed by atoms with Gasteiger partial charge in [-0.25, -0.2) is 0 Å². The number of aliphatic hydroxyl groups excluding tert-OH is 2. The Balaban J connectivity index is 1.37. The van der Waals surface area contributed by atoms with E-state index in [1.54, 1.807) is 0 Å². The van der Waals surface area contributed by atoms with Crippen LogP contribution in [-0.4, -0.2) is 74.4 Å². The molecule has 8 nitrogen and oxygen atoms in total. The van der Waals surface area contributed by atoms with Crippen molar-refractivity contribution in [1.82, 2.24) is 0 Å². The maximum absolute atomic E-state index is 14.3. The van der Waals surface area contributed by atoms with E-state index in [4.69, 9.17) is 18.9 Å². The van der Waals surface area contributed by atoms with Gasteiger partial charge in [0.2, 0.25) is 0 Å². The zero-order valence-corrected chi connectivity index (χ0v) is 27.0. The quantitative estimate of drug-likeness (QED) is 0.290. The van der Waals surface area contributed by atoms with E-state index in [1.165, 1.54) is 44.9 Å². The third-order valence-corrected chi connectivity index (χ3v) is 13.1. The van der Waals surface area contributed by atoms with Gasteiger partial charge in [0, 0.05) is 23.8 Å². The molecule has 246 valence electrons. The van der Waals surface area contributed by atoms with Crippen LogP contribution in [0.5, 0.6) is 0 Å². The van der Waals surface area contributed by atoms with Crippen LogP contribution in [0.15, 0.2) is 24.3 Å². The highest BCUT2D eigenvalue weighted by Gasteiger charge is 2.89. The Labute approximate surface area is 262 Å². The average Bonchev–Trinajstić information content (AvgIpc) is 3.64. The van der Waals surface area contributed by atoms with Crippen LogP contribution >= 0.6 is 0 Å². The van der Waals surface area contributed by atoms with Crippen molar-refractivity contribution in [3.05, 3.63) is 24.3 Å². The molecule has 6 fully saturated rings. The highest BCUT2D eigenvalue weighted by molar-refractivity contribution is 5.93. The molecule has 0 aromatic heterocycles. The number of hydrogen-bond donors (Lipinski definition) is 3. The first-order valence-electron chi connectivity index (χ1n) is 17.7. The van der Waals surface area contributed by atoms with Crippen molar-refractivity contribution in [3.63, 3.8) is 0 Å². The summed E-state index contributed by atoms with van der Waals surface area (Å²) < 4.78 is 27.3. The number of allylic oxidation sites excluding steroid dienone is 1. The second kappa shape index (κ2) is 11.0. The van der Waals surface area contributed by atoms with Crippen molar-refractivity contribution < 1.29 is 39.1 Å². The summed E-state index contributed by atoms with van der Waals surface area (Å²) in [4.78, 5) is 14.3. The van der Waals surface area contributed by atoms with Gasteiger partial charge in [-0.2, -0.15) is 0 Å². The van der Waals surface area contributed by atoms with Crippen LogP contribution < -0.4 is 0 Å². The van der Waals surface area contributed by atoms with Crippen molar-refractivity contribution in [2.75, 3.05) is 6.61 Å². The topological polar surface area (TPSA) is 118 Å². The van der Waals surface area contributed by atoms with Crippen LogP contribution in [0.2, 0.25) is 0 Å². The van der Waals surface area contributed by atoms with Crippen LogP contribution in [0.4, 0.5) is 0 Å². The maximum atomic E-state index is 14.3. The first kappa shape index (κ1) is 31.5. The minimum Gasteiger partial charge on any atom is -0.393 e. The molecule has 3 N–H and O–H groups in total. The van der Waals surface area contributed by atoms with Gasteiger partial charge in [0.1, 0.15) is 29.5 Å². The summed E-state index contributed by atoms with van der Waals surface area (Å²) in [6.07, 6.45) is 16.4. The summed E-state index contributed by atoms with van der Waals surface area (Å²) >= 11 is 0. The van der Waals surface area contributed by atoms with Gasteiger partial charge in [0.05, 0.1) is 12.2 Å². The van der Waals surface area contributed by atoms with Gasteiger partial charge in [-0.1, -0.05) is 90.7 Å². The van der Waals surface area contributed by atoms with Crippen LogP contribution in [0.1, 0.15) is 111 Å². The fraction of sp³-hybridized carbons (Fsp3) is 0.861. The molecule has 4 heterocycles. The fourth-order valence-corrected chi connectivity index (χ4v) is 10.9. The number of fused-ring (bicyclic) bond motifs is 1. The number of carbonyl (C=O) groups excluding carboxylic acids is 1. The standard InChI is InChI=1S/C36H54O8/c1-22(2)32-20-23(3)36-26-29(32)42-34(43-32,44-36)19-17-15-13-11-9-7-5-6-8-10-12-14-16-18-25-24(4)28(38)35(40,27(25)36)31(39)33(21-37)30(26)41-33/h17,19,23-27,29-31,37,39-40H,1,5-16,18,20-21H2,2-4H3. The van der Waals surface area contributed by atoms with E-state index in [9.17, 15) is 20.1 Å². The zero-order chi connectivity index (χ0) is 31.1. The summed E-state index contributed by atoms with van der Waals surface area (Å²) in [7, 11) is 0. The number of aliphatic hydroxyl groups is 3. The normalized spacial score (nSPS) is 54.0. The molecule has 44 heavy (non-hydrogen) atoms. The van der Waals surface area contributed by atoms with Gasteiger partial charge in [0.15, 0.2) is 11.4 Å². The van der Waals surface area contributed by atoms with Gasteiger partial charge in [-0.15, -0.1) is 0 Å². The third kappa shape index (κ3) is 4.10. The molecule has 4 aliphatic heterocycles. The molecule has 3 bridgehead atoms. The van der Waals surface area contributed by atoms with E-state index < -0.39 is 71.0 Å². The molecule has 0 amide bonds. The fourth-order valence-electron chi connectivity index (χ4n) is 10.9. The van der Waals surface area contributed by atoms with Crippen molar-refractivity contribution in [2.45, 2.75) is 157 Å². The Kier molecular flexibility index (Phi) is 7.84. The lowest BCUT2D eigenvalue weighted by Crippen LogP contribution is -2.73. The molecule has 7 rings (SSSR count). The van der Waals surface area contributed by atoms with Crippen molar-refractivity contribution in [1.29, 1.82) is 0 Å². The Morgan fingerprint density at radius 1 is 0.955 bits per heavy atom. The number of hydrogen-bond acceptors (Lipinski definition) is 8. The van der Waals surface area contributed by atoms with E-state index >= 15 is 0 Å². The molecular weight excluding hydrogens is 560 g/mol. The molecule has 0 radical (unpaired) electrons. The highest BCUT2D eigenvalue weighted by Crippen LogP contribution is 2.74. The number of carbonyl (C=O) groups is 1. The summed E-state index contributed by atoms with van der Waals surface area (Å²) in [5.74, 6) is -3.92. The van der Waals surface area contributed by atoms with Crippen LogP contribution in [0.25, 0.3) is 0 Å². The monoisotopic (exact) mass is 614 g/mol. The number of ether oxygens (including phenoxy) is 4. The lowest BCUT2D eigenvalue weighted by atomic mass is 9.52. The Hall–Kier alpha value is -1.13. The second-order valence-corrected chi connectivity index (χ2v) is 15.5. The van der Waals surface area contributed by atoms with E-state index in [0.717, 1.165) is 44.1 Å². The summed E-state index contributed by atoms with van der Waals surface area (Å²) in [6.45, 7) is 9.85. The molecule has 3 aliphatic carbocycles. The summed E-state index contributed by atoms with van der Waals surface area (Å²) in [6, 6.07) is 0. The third-order valence-electron chi connectivity index (χ3n) is 13.1. The van der Waals surface area contributed by atoms with E-state index in [1.807, 2.05) is 19.9 Å². The Morgan fingerprint density at radius 2 is 1.59 bits per heavy atom. The molecule has 2 spiro atoms. The lowest BCUT2D eigenvalue weighted by Gasteiger charge is -2.60. The average molecular weight is 615 g/mol. The smallest absolute Gasteiger partial charge is 0.306 e. The predicted molar refractivity (Wildman–Crippen MR) is 163 cm³/mol. The minimum atomic E-state index is -2.13. The van der Waals surface area contributed by atoms with E-state index in [0.29, 0.717) is 6.42 Å². The zero-order valence-electron chi connectivity index (χ0n) is 27.0. The van der Waals surface area contributed by atoms with Crippen LogP contribution in [-0.2, 0) is 23.7 Å². The Bertz CT molecular complexity index is 1190. The number of Topliss-reactive ketones (excluding diaryl/α,β-unsaturated/α-hetero) is 1. The second-order valence-electron chi connectivity index (χ2n) is 15.5. The van der Waals surface area contributed by atoms with Gasteiger partial charge >= 0.3 is 5.97 Å². The van der Waals surface area contributed by atoms with Crippen LogP contribution in [0.3, 0.4) is 0 Å². The minimum absolute atomic E-state index is 0.180. The first-order chi connectivity index (χ1) is 21.0. The van der Waals surface area contributed by atoms with Gasteiger partial charge in [-0.05, 0) is 50.0 Å². The number of epoxide rings is 1. The molecule has 13 atom stereocenters. The summed E-state index contributed by atoms with van der Waals surface area (Å²) in [5.41, 5.74) is -4.74. The molecule has 0 aromatic rings. The molecule has 3 saturated carbocycles. The van der Waals surface area contributed by atoms with Gasteiger partial charge in [-0.3, -0.25) is 4.79 Å². The van der Waals surface area contributed by atoms with E-state index in [2.05, 4.69) is 19.6 Å². The van der Waals surface area contributed by atoms with Crippen molar-refractivity contribution in [3.8, 4) is 0 Å². The molecule has 8 heteroatoms. The SMILES string of the molecule is C=C(C)C12CC(C)C34OC5(C=CCCCCCCCCCCCCCC6C(C)C(=O)C(O)(C(O)C7(CO)OC7C3C1O5)C64)O2. The predicted octanol–water partition coefficient (Wildman–Crippen LogP) is 5.12. The molecular formula is C36H54O8. The Morgan fingerprint density at radius 3 is 2.23 bits per heavy atom. The largest absolute Gasteiger partial charge is 0.393 e. The van der Waals surface area contributed by atoms with Gasteiger partial charge < -0.3 is 34.3 Å². The van der Waals surface area contributed by atoms with E-state index in [-0.39, 0.29) is 17.6 Å².